The zero-order valence-corrected chi connectivity index (χ0v) is 13.5. The summed E-state index contributed by atoms with van der Waals surface area (Å²) in [6, 6.07) is 13.2. The quantitative estimate of drug-likeness (QED) is 0.809. The van der Waals surface area contributed by atoms with Gasteiger partial charge in [0.2, 0.25) is 0 Å². The van der Waals surface area contributed by atoms with E-state index in [1.54, 1.807) is 11.3 Å². The molecule has 1 aromatic heterocycles. The number of nitrogens with one attached hydrogen (secondary N) is 1. The van der Waals surface area contributed by atoms with Gasteiger partial charge in [-0.25, -0.2) is 0 Å². The first-order valence-corrected chi connectivity index (χ1v) is 7.45. The van der Waals surface area contributed by atoms with Crippen molar-refractivity contribution in [1.82, 2.24) is 5.32 Å². The zero-order chi connectivity index (χ0) is 13.0. The summed E-state index contributed by atoms with van der Waals surface area (Å²) in [6.45, 7) is 4.36. The molecule has 1 atom stereocenters. The van der Waals surface area contributed by atoms with Crippen LogP contribution in [0.25, 0.3) is 0 Å². The predicted octanol–water partition coefficient (Wildman–Crippen LogP) is 5.11. The van der Waals surface area contributed by atoms with Gasteiger partial charge in [0, 0.05) is 22.0 Å². The summed E-state index contributed by atoms with van der Waals surface area (Å²) in [5, 5.41) is 6.55. The van der Waals surface area contributed by atoms with Crippen molar-refractivity contribution in [2.24, 2.45) is 0 Å². The van der Waals surface area contributed by atoms with Crippen LogP contribution in [0.4, 0.5) is 0 Å². The molecule has 1 unspecified atom stereocenters. The van der Waals surface area contributed by atoms with E-state index < -0.39 is 0 Å². The van der Waals surface area contributed by atoms with E-state index in [4.69, 9.17) is 11.6 Å². The first-order chi connectivity index (χ1) is 8.65. The second kappa shape index (κ2) is 7.91. The largest absolute Gasteiger partial charge is 0.307 e. The van der Waals surface area contributed by atoms with Gasteiger partial charge in [-0.1, -0.05) is 43.6 Å². The van der Waals surface area contributed by atoms with Crippen molar-refractivity contribution < 1.29 is 0 Å². The van der Waals surface area contributed by atoms with Gasteiger partial charge in [0.15, 0.2) is 0 Å². The van der Waals surface area contributed by atoms with Crippen LogP contribution in [0.15, 0.2) is 41.8 Å². The molecule has 2 rings (SSSR count). The molecule has 1 aromatic carbocycles. The van der Waals surface area contributed by atoms with Crippen LogP contribution < -0.4 is 5.32 Å². The molecule has 0 spiro atoms. The van der Waals surface area contributed by atoms with E-state index in [1.165, 1.54) is 10.4 Å². The van der Waals surface area contributed by atoms with Gasteiger partial charge < -0.3 is 5.32 Å². The Labute approximate surface area is 130 Å². The van der Waals surface area contributed by atoms with Crippen molar-refractivity contribution in [2.45, 2.75) is 32.4 Å². The van der Waals surface area contributed by atoms with Gasteiger partial charge in [-0.2, -0.15) is 0 Å². The fraction of sp³-hybridized carbons (Fsp3) is 0.333. The topological polar surface area (TPSA) is 12.0 Å². The van der Waals surface area contributed by atoms with E-state index in [0.717, 1.165) is 11.4 Å². The van der Waals surface area contributed by atoms with Crippen LogP contribution in [0.3, 0.4) is 0 Å². The highest BCUT2D eigenvalue weighted by Crippen LogP contribution is 2.24. The van der Waals surface area contributed by atoms with E-state index in [2.05, 4.69) is 42.7 Å². The Balaban J connectivity index is 0.00000180. The SMILES string of the molecule is CC(C)NC(Cc1cccc(Cl)c1)c1cccs1.Cl. The van der Waals surface area contributed by atoms with Gasteiger partial charge in [-0.15, -0.1) is 23.7 Å². The molecule has 2 aromatic rings. The second-order valence-corrected chi connectivity index (χ2v) is 6.14. The first kappa shape index (κ1) is 16.5. The van der Waals surface area contributed by atoms with Crippen LogP contribution in [-0.2, 0) is 6.42 Å². The third-order valence-corrected chi connectivity index (χ3v) is 3.97. The second-order valence-electron chi connectivity index (χ2n) is 4.72. The molecule has 0 saturated carbocycles. The average molecular weight is 316 g/mol. The van der Waals surface area contributed by atoms with Gasteiger partial charge in [0.1, 0.15) is 0 Å². The molecule has 1 heterocycles. The summed E-state index contributed by atoms with van der Waals surface area (Å²) >= 11 is 7.84. The fourth-order valence-corrected chi connectivity index (χ4v) is 3.03. The maximum absolute atomic E-state index is 6.04. The Hall–Kier alpha value is -0.540. The highest BCUT2D eigenvalue weighted by atomic mass is 35.5. The summed E-state index contributed by atoms with van der Waals surface area (Å²) in [4.78, 5) is 1.38. The van der Waals surface area contributed by atoms with Gasteiger partial charge in [-0.05, 0) is 35.6 Å². The van der Waals surface area contributed by atoms with Crippen LogP contribution >= 0.6 is 35.3 Å². The summed E-state index contributed by atoms with van der Waals surface area (Å²) in [5.41, 5.74) is 1.27. The van der Waals surface area contributed by atoms with Crippen LogP contribution in [0.2, 0.25) is 5.02 Å². The molecule has 4 heteroatoms. The Bertz CT molecular complexity index is 483. The Morgan fingerprint density at radius 2 is 2.00 bits per heavy atom. The third kappa shape index (κ3) is 5.15. The van der Waals surface area contributed by atoms with Crippen LogP contribution in [0, 0.1) is 0 Å². The maximum atomic E-state index is 6.04. The van der Waals surface area contributed by atoms with Crippen LogP contribution in [-0.4, -0.2) is 6.04 Å². The minimum atomic E-state index is 0. The normalized spacial score (nSPS) is 12.2. The molecule has 0 bridgehead atoms. The molecule has 0 aliphatic heterocycles. The molecule has 0 amide bonds. The lowest BCUT2D eigenvalue weighted by Gasteiger charge is -2.20. The highest BCUT2D eigenvalue weighted by Gasteiger charge is 2.14. The van der Waals surface area contributed by atoms with Gasteiger partial charge >= 0.3 is 0 Å². The third-order valence-electron chi connectivity index (χ3n) is 2.75. The molecule has 0 saturated heterocycles. The van der Waals surface area contributed by atoms with E-state index >= 15 is 0 Å². The highest BCUT2D eigenvalue weighted by molar-refractivity contribution is 7.10. The van der Waals surface area contributed by atoms with Crippen LogP contribution in [0.1, 0.15) is 30.3 Å². The van der Waals surface area contributed by atoms with Crippen molar-refractivity contribution >= 4 is 35.3 Å². The van der Waals surface area contributed by atoms with E-state index in [9.17, 15) is 0 Å². The summed E-state index contributed by atoms with van der Waals surface area (Å²) in [5.74, 6) is 0. The lowest BCUT2D eigenvalue weighted by atomic mass is 10.0. The van der Waals surface area contributed by atoms with Gasteiger partial charge in [0.25, 0.3) is 0 Å². The summed E-state index contributed by atoms with van der Waals surface area (Å²) in [7, 11) is 0. The van der Waals surface area contributed by atoms with E-state index in [0.29, 0.717) is 12.1 Å². The smallest absolute Gasteiger partial charge is 0.0457 e. The fourth-order valence-electron chi connectivity index (χ4n) is 2.03. The number of hydrogen-bond donors (Lipinski definition) is 1. The van der Waals surface area contributed by atoms with Crippen molar-refractivity contribution in [2.75, 3.05) is 0 Å². The predicted molar refractivity (Wildman–Crippen MR) is 87.7 cm³/mol. The Morgan fingerprint density at radius 3 is 2.58 bits per heavy atom. The number of thiophene rings is 1. The number of halogens is 2. The van der Waals surface area contributed by atoms with Gasteiger partial charge in [0.05, 0.1) is 0 Å². The van der Waals surface area contributed by atoms with Crippen molar-refractivity contribution in [1.29, 1.82) is 0 Å². The van der Waals surface area contributed by atoms with E-state index in [1.807, 2.05) is 18.2 Å². The Morgan fingerprint density at radius 1 is 1.21 bits per heavy atom. The number of hydrogen-bond acceptors (Lipinski definition) is 2. The molecule has 19 heavy (non-hydrogen) atoms. The van der Waals surface area contributed by atoms with Crippen molar-refractivity contribution in [3.05, 3.63) is 57.2 Å². The lowest BCUT2D eigenvalue weighted by Crippen LogP contribution is -2.29. The number of rotatable bonds is 5. The molecular weight excluding hydrogens is 297 g/mol. The monoisotopic (exact) mass is 315 g/mol. The molecular formula is C15H19Cl2NS. The first-order valence-electron chi connectivity index (χ1n) is 6.19. The molecule has 0 aliphatic rings. The minimum Gasteiger partial charge on any atom is -0.307 e. The zero-order valence-electron chi connectivity index (χ0n) is 11.1. The molecule has 0 fully saturated rings. The molecule has 0 aliphatic carbocycles. The van der Waals surface area contributed by atoms with E-state index in [-0.39, 0.29) is 12.4 Å². The Kier molecular flexibility index (Phi) is 6.87. The number of benzene rings is 1. The average Bonchev–Trinajstić information content (AvgIpc) is 2.80. The van der Waals surface area contributed by atoms with Crippen LogP contribution in [0.5, 0.6) is 0 Å². The summed E-state index contributed by atoms with van der Waals surface area (Å²) < 4.78 is 0. The van der Waals surface area contributed by atoms with Crippen molar-refractivity contribution in [3.63, 3.8) is 0 Å². The molecule has 0 radical (unpaired) electrons. The maximum Gasteiger partial charge on any atom is 0.0457 e. The summed E-state index contributed by atoms with van der Waals surface area (Å²) in [6.07, 6.45) is 0.971. The van der Waals surface area contributed by atoms with Gasteiger partial charge in [-0.3, -0.25) is 0 Å². The minimum absolute atomic E-state index is 0. The molecule has 104 valence electrons. The molecule has 1 N–H and O–H groups in total. The standard InChI is InChI=1S/C15H18ClNS.ClH/c1-11(2)17-14(15-7-4-8-18-15)10-12-5-3-6-13(16)9-12;/h3-9,11,14,17H,10H2,1-2H3;1H. The molecule has 1 nitrogen and oxygen atoms in total. The lowest BCUT2D eigenvalue weighted by molar-refractivity contribution is 0.480. The van der Waals surface area contributed by atoms with Crippen molar-refractivity contribution in [3.8, 4) is 0 Å².